The molecule has 6 heteroatoms. The van der Waals surface area contributed by atoms with Crippen LogP contribution in [0.4, 0.5) is 16.2 Å². The highest BCUT2D eigenvalue weighted by Gasteiger charge is 2.06. The summed E-state index contributed by atoms with van der Waals surface area (Å²) >= 11 is 0. The normalized spacial score (nSPS) is 9.90. The number of carbonyl (C=O) groups is 2. The van der Waals surface area contributed by atoms with Crippen LogP contribution in [0.3, 0.4) is 0 Å². The van der Waals surface area contributed by atoms with Gasteiger partial charge in [0.2, 0.25) is 0 Å². The van der Waals surface area contributed by atoms with Crippen LogP contribution in [-0.4, -0.2) is 17.1 Å². The minimum absolute atomic E-state index is 0.237. The highest BCUT2D eigenvalue weighted by atomic mass is 16.4. The second-order valence-electron chi connectivity index (χ2n) is 4.44. The Balaban J connectivity index is 1.99. The van der Waals surface area contributed by atoms with E-state index < -0.39 is 6.09 Å². The summed E-state index contributed by atoms with van der Waals surface area (Å²) in [4.78, 5) is 22.5. The molecule has 0 aliphatic rings. The van der Waals surface area contributed by atoms with Gasteiger partial charge in [0.05, 0.1) is 0 Å². The molecule has 108 valence electrons. The number of hydrogen-bond donors (Lipinski definition) is 4. The first kappa shape index (κ1) is 14.4. The van der Waals surface area contributed by atoms with Crippen LogP contribution in [0.5, 0.6) is 0 Å². The summed E-state index contributed by atoms with van der Waals surface area (Å²) in [6, 6.07) is 13.5. The van der Waals surface area contributed by atoms with Gasteiger partial charge >= 0.3 is 6.09 Å². The molecular weight excluding hydrogens is 270 g/mol. The highest BCUT2D eigenvalue weighted by molar-refractivity contribution is 5.95. The quantitative estimate of drug-likeness (QED) is 0.647. The molecule has 2 aromatic rings. The number of amides is 2. The summed E-state index contributed by atoms with van der Waals surface area (Å²) in [7, 11) is 0. The zero-order valence-electron chi connectivity index (χ0n) is 11.2. The van der Waals surface area contributed by atoms with E-state index in [1.807, 2.05) is 0 Å². The van der Waals surface area contributed by atoms with Crippen molar-refractivity contribution in [3.8, 4) is 0 Å². The summed E-state index contributed by atoms with van der Waals surface area (Å²) in [6.45, 7) is 0.294. The van der Waals surface area contributed by atoms with E-state index in [-0.39, 0.29) is 5.91 Å². The minimum Gasteiger partial charge on any atom is -0.465 e. The first-order chi connectivity index (χ1) is 10.0. The van der Waals surface area contributed by atoms with E-state index in [1.54, 1.807) is 48.5 Å². The van der Waals surface area contributed by atoms with Crippen molar-refractivity contribution in [2.24, 2.45) is 0 Å². The predicted octanol–water partition coefficient (Wildman–Crippen LogP) is 2.29. The fourth-order valence-electron chi connectivity index (χ4n) is 1.85. The minimum atomic E-state index is -1.13. The van der Waals surface area contributed by atoms with Crippen LogP contribution >= 0.6 is 0 Å². The van der Waals surface area contributed by atoms with Gasteiger partial charge in [0.15, 0.2) is 0 Å². The summed E-state index contributed by atoms with van der Waals surface area (Å²) in [6.07, 6.45) is -1.13. The molecule has 0 heterocycles. The maximum absolute atomic E-state index is 12.0. The number of nitrogens with two attached hydrogens (primary N) is 1. The Kier molecular flexibility index (Phi) is 4.40. The smallest absolute Gasteiger partial charge is 0.409 e. The van der Waals surface area contributed by atoms with E-state index in [0.29, 0.717) is 23.5 Å². The molecule has 0 aromatic heterocycles. The van der Waals surface area contributed by atoms with Gasteiger partial charge in [-0.2, -0.15) is 0 Å². The summed E-state index contributed by atoms with van der Waals surface area (Å²) < 4.78 is 0. The Labute approximate surface area is 121 Å². The van der Waals surface area contributed by atoms with Crippen molar-refractivity contribution >= 4 is 23.4 Å². The molecule has 0 spiro atoms. The third kappa shape index (κ3) is 4.24. The topological polar surface area (TPSA) is 104 Å². The second-order valence-corrected chi connectivity index (χ2v) is 4.44. The van der Waals surface area contributed by atoms with Crippen molar-refractivity contribution in [1.82, 2.24) is 5.32 Å². The van der Waals surface area contributed by atoms with Crippen LogP contribution in [0.1, 0.15) is 15.9 Å². The maximum atomic E-state index is 12.0. The third-order valence-corrected chi connectivity index (χ3v) is 2.78. The van der Waals surface area contributed by atoms with E-state index in [9.17, 15) is 9.59 Å². The average molecular weight is 285 g/mol. The molecule has 0 radical (unpaired) electrons. The molecule has 0 aliphatic heterocycles. The van der Waals surface area contributed by atoms with Crippen molar-refractivity contribution in [1.29, 1.82) is 0 Å². The monoisotopic (exact) mass is 285 g/mol. The van der Waals surface area contributed by atoms with E-state index >= 15 is 0 Å². The van der Waals surface area contributed by atoms with Crippen LogP contribution < -0.4 is 16.4 Å². The molecule has 0 atom stereocenters. The number of nitrogen functional groups attached to an aromatic ring is 1. The molecule has 6 nitrogen and oxygen atoms in total. The van der Waals surface area contributed by atoms with E-state index in [0.717, 1.165) is 5.56 Å². The summed E-state index contributed by atoms with van der Waals surface area (Å²) in [5, 5.41) is 13.7. The molecule has 0 saturated heterocycles. The van der Waals surface area contributed by atoms with Gasteiger partial charge in [-0.15, -0.1) is 0 Å². The predicted molar refractivity (Wildman–Crippen MR) is 80.1 cm³/mol. The summed E-state index contributed by atoms with van der Waals surface area (Å²) in [5.74, 6) is -0.237. The number of hydrogen-bond acceptors (Lipinski definition) is 3. The van der Waals surface area contributed by atoms with Gasteiger partial charge in [-0.1, -0.05) is 18.2 Å². The molecule has 0 fully saturated rings. The first-order valence-corrected chi connectivity index (χ1v) is 6.27. The molecule has 0 aliphatic carbocycles. The molecule has 5 N–H and O–H groups in total. The lowest BCUT2D eigenvalue weighted by atomic mass is 10.1. The molecule has 21 heavy (non-hydrogen) atoms. The fraction of sp³-hybridized carbons (Fsp3) is 0.0667. The molecule has 0 unspecified atom stereocenters. The van der Waals surface area contributed by atoms with Crippen LogP contribution in [0.25, 0.3) is 0 Å². The Morgan fingerprint density at radius 1 is 1.10 bits per heavy atom. The Morgan fingerprint density at radius 3 is 2.57 bits per heavy atom. The van der Waals surface area contributed by atoms with E-state index in [2.05, 4.69) is 10.6 Å². The maximum Gasteiger partial charge on any atom is 0.409 e. The van der Waals surface area contributed by atoms with Crippen LogP contribution in [0.2, 0.25) is 0 Å². The van der Waals surface area contributed by atoms with Crippen LogP contribution in [0, 0.1) is 0 Å². The van der Waals surface area contributed by atoms with Gasteiger partial charge in [-0.3, -0.25) is 10.1 Å². The second kappa shape index (κ2) is 6.42. The lowest BCUT2D eigenvalue weighted by molar-refractivity contribution is 0.0951. The SMILES string of the molecule is Nc1cccc(C(=O)NCc2cccc(NC(=O)O)c2)c1. The molecule has 0 saturated carbocycles. The number of anilines is 2. The van der Waals surface area contributed by atoms with Gasteiger partial charge in [-0.25, -0.2) is 4.79 Å². The Bertz CT molecular complexity index is 671. The van der Waals surface area contributed by atoms with Crippen molar-refractivity contribution in [2.75, 3.05) is 11.1 Å². The third-order valence-electron chi connectivity index (χ3n) is 2.78. The zero-order chi connectivity index (χ0) is 15.2. The van der Waals surface area contributed by atoms with Gasteiger partial charge in [0.25, 0.3) is 5.91 Å². The van der Waals surface area contributed by atoms with Crippen LogP contribution in [-0.2, 0) is 6.54 Å². The first-order valence-electron chi connectivity index (χ1n) is 6.27. The Morgan fingerprint density at radius 2 is 1.86 bits per heavy atom. The number of carbonyl (C=O) groups excluding carboxylic acids is 1. The van der Waals surface area contributed by atoms with Gasteiger partial charge < -0.3 is 16.2 Å². The lowest BCUT2D eigenvalue weighted by Crippen LogP contribution is -2.22. The highest BCUT2D eigenvalue weighted by Crippen LogP contribution is 2.11. The number of rotatable bonds is 4. The zero-order valence-corrected chi connectivity index (χ0v) is 11.2. The molecule has 0 bridgehead atoms. The van der Waals surface area contributed by atoms with E-state index in [1.165, 1.54) is 0 Å². The largest absolute Gasteiger partial charge is 0.465 e. The molecule has 2 amide bonds. The Hall–Kier alpha value is -3.02. The fourth-order valence-corrected chi connectivity index (χ4v) is 1.85. The van der Waals surface area contributed by atoms with Crippen molar-refractivity contribution in [3.63, 3.8) is 0 Å². The number of benzene rings is 2. The molecule has 2 aromatic carbocycles. The van der Waals surface area contributed by atoms with Gasteiger partial charge in [-0.05, 0) is 35.9 Å². The van der Waals surface area contributed by atoms with Crippen molar-refractivity contribution in [3.05, 3.63) is 59.7 Å². The number of nitrogens with one attached hydrogen (secondary N) is 2. The molecular formula is C15H15N3O3. The van der Waals surface area contributed by atoms with Crippen molar-refractivity contribution < 1.29 is 14.7 Å². The van der Waals surface area contributed by atoms with Gasteiger partial charge in [0.1, 0.15) is 0 Å². The summed E-state index contributed by atoms with van der Waals surface area (Å²) in [5.41, 5.74) is 7.88. The average Bonchev–Trinajstić information content (AvgIpc) is 2.44. The number of carboxylic acid groups (broad SMARTS) is 1. The lowest BCUT2D eigenvalue weighted by Gasteiger charge is -2.07. The standard InChI is InChI=1S/C15H15N3O3/c16-12-5-2-4-11(8-12)14(19)17-9-10-3-1-6-13(7-10)18-15(20)21/h1-8,18H,9,16H2,(H,17,19)(H,20,21). The van der Waals surface area contributed by atoms with Crippen molar-refractivity contribution in [2.45, 2.75) is 6.54 Å². The van der Waals surface area contributed by atoms with E-state index in [4.69, 9.17) is 10.8 Å². The van der Waals surface area contributed by atoms with Crippen LogP contribution in [0.15, 0.2) is 48.5 Å². The molecule has 2 rings (SSSR count). The van der Waals surface area contributed by atoms with Gasteiger partial charge in [0, 0.05) is 23.5 Å².